The fourth-order valence-corrected chi connectivity index (χ4v) is 3.84. The van der Waals surface area contributed by atoms with E-state index in [-0.39, 0.29) is 11.4 Å². The van der Waals surface area contributed by atoms with Gasteiger partial charge in [0, 0.05) is 31.8 Å². The van der Waals surface area contributed by atoms with Gasteiger partial charge in [-0.25, -0.2) is 14.4 Å². The number of nitrogens with one attached hydrogen (secondary N) is 1. The molecule has 1 aliphatic carbocycles. The minimum Gasteiger partial charge on any atom is -0.432 e. The maximum Gasteiger partial charge on any atom is 0.387 e. The summed E-state index contributed by atoms with van der Waals surface area (Å²) in [4.78, 5) is 21.7. The number of halogens is 3. The largest absolute Gasteiger partial charge is 0.432 e. The van der Waals surface area contributed by atoms with Crippen molar-refractivity contribution in [3.05, 3.63) is 59.6 Å². The summed E-state index contributed by atoms with van der Waals surface area (Å²) in [6.45, 7) is -2.49. The molecule has 10 heteroatoms. The maximum atomic E-state index is 14.4. The predicted octanol–water partition coefficient (Wildman–Crippen LogP) is 3.22. The van der Waals surface area contributed by atoms with E-state index in [1.165, 1.54) is 6.07 Å². The standard InChI is InChI=1S/C22H23F3N4O3/c23-17-9-15(3-4-18(17)32-21(24)25)22(5-7-31-8-6-22)29-20(30)16(10-26)19-27-11-14(12-28-19)13-1-2-13/h3-4,9-13,21H,1-2,5-8,26H2,(H,29,30). The van der Waals surface area contributed by atoms with Crippen molar-refractivity contribution >= 4 is 11.5 Å². The van der Waals surface area contributed by atoms with E-state index in [4.69, 9.17) is 10.5 Å². The van der Waals surface area contributed by atoms with Crippen LogP contribution in [0.2, 0.25) is 0 Å². The summed E-state index contributed by atoms with van der Waals surface area (Å²) in [6.07, 6.45) is 7.43. The van der Waals surface area contributed by atoms with Crippen LogP contribution in [0.25, 0.3) is 5.57 Å². The van der Waals surface area contributed by atoms with Crippen LogP contribution in [0, 0.1) is 5.82 Å². The Morgan fingerprint density at radius 1 is 1.25 bits per heavy atom. The molecule has 2 aliphatic rings. The first-order valence-electron chi connectivity index (χ1n) is 10.3. The van der Waals surface area contributed by atoms with Crippen LogP contribution in [-0.4, -0.2) is 35.7 Å². The Kier molecular flexibility index (Phi) is 6.31. The number of alkyl halides is 2. The Morgan fingerprint density at radius 3 is 2.50 bits per heavy atom. The first-order valence-corrected chi connectivity index (χ1v) is 10.3. The van der Waals surface area contributed by atoms with Crippen LogP contribution in [0.3, 0.4) is 0 Å². The number of carbonyl (C=O) groups excluding carboxylic acids is 1. The van der Waals surface area contributed by atoms with Crippen LogP contribution < -0.4 is 15.8 Å². The molecule has 0 unspecified atom stereocenters. The number of nitrogens with zero attached hydrogens (tertiary/aromatic N) is 2. The van der Waals surface area contributed by atoms with Crippen molar-refractivity contribution in [3.8, 4) is 5.75 Å². The monoisotopic (exact) mass is 448 g/mol. The van der Waals surface area contributed by atoms with E-state index in [9.17, 15) is 18.0 Å². The van der Waals surface area contributed by atoms with Crippen LogP contribution in [0.4, 0.5) is 13.2 Å². The Bertz CT molecular complexity index is 1000. The fourth-order valence-electron chi connectivity index (χ4n) is 3.84. The Balaban J connectivity index is 1.59. The number of hydrogen-bond donors (Lipinski definition) is 2. The van der Waals surface area contributed by atoms with E-state index in [0.717, 1.165) is 36.7 Å². The molecular formula is C22H23F3N4O3. The van der Waals surface area contributed by atoms with E-state index in [0.29, 0.717) is 37.5 Å². The first-order chi connectivity index (χ1) is 15.4. The zero-order valence-corrected chi connectivity index (χ0v) is 17.2. The number of amides is 1. The smallest absolute Gasteiger partial charge is 0.387 e. The van der Waals surface area contributed by atoms with E-state index in [2.05, 4.69) is 20.0 Å². The summed E-state index contributed by atoms with van der Waals surface area (Å²) >= 11 is 0. The Labute approximate surface area is 182 Å². The number of nitrogens with two attached hydrogens (primary N) is 1. The van der Waals surface area contributed by atoms with Crippen molar-refractivity contribution in [2.45, 2.75) is 43.8 Å². The lowest BCUT2D eigenvalue weighted by molar-refractivity contribution is -0.119. The first kappa shape index (κ1) is 22.1. The van der Waals surface area contributed by atoms with Crippen LogP contribution in [-0.2, 0) is 15.1 Å². The molecule has 32 heavy (non-hydrogen) atoms. The van der Waals surface area contributed by atoms with Crippen molar-refractivity contribution in [3.63, 3.8) is 0 Å². The number of aromatic nitrogens is 2. The SMILES string of the molecule is NC=C(C(=O)NC1(c2ccc(OC(F)F)c(F)c2)CCOCC1)c1ncc(C2CC2)cn1. The van der Waals surface area contributed by atoms with Gasteiger partial charge in [-0.2, -0.15) is 8.78 Å². The average Bonchev–Trinajstić information content (AvgIpc) is 3.62. The van der Waals surface area contributed by atoms with Crippen molar-refractivity contribution in [1.82, 2.24) is 15.3 Å². The molecule has 2 heterocycles. The molecule has 1 saturated carbocycles. The fraction of sp³-hybridized carbons (Fsp3) is 0.409. The summed E-state index contributed by atoms with van der Waals surface area (Å²) in [5, 5.41) is 2.93. The van der Waals surface area contributed by atoms with Gasteiger partial charge in [0.05, 0.1) is 11.1 Å². The molecule has 1 saturated heterocycles. The lowest BCUT2D eigenvalue weighted by atomic mass is 9.82. The number of hydrogen-bond acceptors (Lipinski definition) is 6. The van der Waals surface area contributed by atoms with E-state index < -0.39 is 29.6 Å². The summed E-state index contributed by atoms with van der Waals surface area (Å²) in [6, 6.07) is 3.68. The summed E-state index contributed by atoms with van der Waals surface area (Å²) in [5.74, 6) is -1.38. The highest BCUT2D eigenvalue weighted by Gasteiger charge is 2.38. The minimum atomic E-state index is -3.14. The number of ether oxygens (including phenoxy) is 2. The minimum absolute atomic E-state index is 0.0799. The normalized spacial score (nSPS) is 18.4. The predicted molar refractivity (Wildman–Crippen MR) is 109 cm³/mol. The molecule has 0 atom stereocenters. The molecule has 1 aromatic heterocycles. The zero-order valence-electron chi connectivity index (χ0n) is 17.2. The van der Waals surface area contributed by atoms with E-state index >= 15 is 0 Å². The molecule has 0 radical (unpaired) electrons. The molecule has 2 aromatic rings. The van der Waals surface area contributed by atoms with Gasteiger partial charge in [0.25, 0.3) is 5.91 Å². The van der Waals surface area contributed by atoms with Gasteiger partial charge in [-0.15, -0.1) is 0 Å². The second kappa shape index (κ2) is 9.15. The maximum absolute atomic E-state index is 14.4. The third kappa shape index (κ3) is 4.69. The second-order valence-electron chi connectivity index (χ2n) is 7.87. The quantitative estimate of drug-likeness (QED) is 0.631. The van der Waals surface area contributed by atoms with Gasteiger partial charge >= 0.3 is 6.61 Å². The highest BCUT2D eigenvalue weighted by Crippen LogP contribution is 2.39. The Morgan fingerprint density at radius 2 is 1.94 bits per heavy atom. The van der Waals surface area contributed by atoms with Crippen molar-refractivity contribution in [1.29, 1.82) is 0 Å². The van der Waals surface area contributed by atoms with Crippen LogP contribution in [0.15, 0.2) is 36.8 Å². The Hall–Kier alpha value is -3.14. The molecule has 1 aliphatic heterocycles. The van der Waals surface area contributed by atoms with Gasteiger partial charge in [0.1, 0.15) is 0 Å². The lowest BCUT2D eigenvalue weighted by Crippen LogP contribution is -2.50. The molecule has 4 rings (SSSR count). The van der Waals surface area contributed by atoms with Gasteiger partial charge in [-0.3, -0.25) is 4.79 Å². The zero-order chi connectivity index (χ0) is 22.7. The summed E-state index contributed by atoms with van der Waals surface area (Å²) in [5.41, 5.74) is 6.25. The number of rotatable bonds is 7. The topological polar surface area (TPSA) is 99.4 Å². The molecule has 1 amide bonds. The molecule has 170 valence electrons. The number of carbonyl (C=O) groups is 1. The molecule has 0 bridgehead atoms. The lowest BCUT2D eigenvalue weighted by Gasteiger charge is -2.38. The van der Waals surface area contributed by atoms with Crippen LogP contribution >= 0.6 is 0 Å². The van der Waals surface area contributed by atoms with E-state index in [1.807, 2.05) is 0 Å². The second-order valence-corrected chi connectivity index (χ2v) is 7.87. The van der Waals surface area contributed by atoms with Gasteiger partial charge in [0.15, 0.2) is 17.4 Å². The molecule has 1 aromatic carbocycles. The summed E-state index contributed by atoms with van der Waals surface area (Å²) < 4.78 is 49.0. The van der Waals surface area contributed by atoms with Crippen molar-refractivity contribution in [2.24, 2.45) is 5.73 Å². The third-order valence-corrected chi connectivity index (χ3v) is 5.77. The van der Waals surface area contributed by atoms with Crippen LogP contribution in [0.5, 0.6) is 5.75 Å². The average molecular weight is 448 g/mol. The molecule has 0 spiro atoms. The van der Waals surface area contributed by atoms with Gasteiger partial charge in [0.2, 0.25) is 0 Å². The summed E-state index contributed by atoms with van der Waals surface area (Å²) in [7, 11) is 0. The highest BCUT2D eigenvalue weighted by molar-refractivity contribution is 6.18. The van der Waals surface area contributed by atoms with Gasteiger partial charge in [-0.05, 0) is 54.9 Å². The van der Waals surface area contributed by atoms with Gasteiger partial charge in [-0.1, -0.05) is 6.07 Å². The third-order valence-electron chi connectivity index (χ3n) is 5.77. The molecular weight excluding hydrogens is 425 g/mol. The molecule has 7 nitrogen and oxygen atoms in total. The number of benzene rings is 1. The highest BCUT2D eigenvalue weighted by atomic mass is 19.3. The van der Waals surface area contributed by atoms with E-state index in [1.54, 1.807) is 12.4 Å². The van der Waals surface area contributed by atoms with Crippen molar-refractivity contribution in [2.75, 3.05) is 13.2 Å². The molecule has 3 N–H and O–H groups in total. The van der Waals surface area contributed by atoms with Crippen LogP contribution in [0.1, 0.15) is 48.6 Å². The molecule has 2 fully saturated rings. The van der Waals surface area contributed by atoms with Crippen molar-refractivity contribution < 1.29 is 27.4 Å². The van der Waals surface area contributed by atoms with Gasteiger partial charge < -0.3 is 20.5 Å².